The molecule has 0 saturated carbocycles. The predicted molar refractivity (Wildman–Crippen MR) is 61.2 cm³/mol. The predicted octanol–water partition coefficient (Wildman–Crippen LogP) is 3.12. The van der Waals surface area contributed by atoms with E-state index in [9.17, 15) is 4.79 Å². The summed E-state index contributed by atoms with van der Waals surface area (Å²) >= 11 is 0. The summed E-state index contributed by atoms with van der Waals surface area (Å²) in [6.45, 7) is 8.59. The Labute approximate surface area is 88.5 Å². The van der Waals surface area contributed by atoms with Gasteiger partial charge in [0.1, 0.15) is 0 Å². The van der Waals surface area contributed by atoms with Gasteiger partial charge in [0.25, 0.3) is 0 Å². The van der Waals surface area contributed by atoms with Crippen LogP contribution in [0.4, 0.5) is 0 Å². The number of hydrogen-bond donors (Lipinski definition) is 1. The van der Waals surface area contributed by atoms with Gasteiger partial charge in [-0.1, -0.05) is 33.6 Å². The molecule has 1 unspecified atom stereocenters. The van der Waals surface area contributed by atoms with Crippen molar-refractivity contribution in [1.29, 1.82) is 0 Å². The first-order valence-electron chi connectivity index (χ1n) is 5.85. The van der Waals surface area contributed by atoms with Crippen LogP contribution in [-0.2, 0) is 4.79 Å². The van der Waals surface area contributed by atoms with E-state index in [2.05, 4.69) is 26.1 Å². The van der Waals surface area contributed by atoms with Crippen molar-refractivity contribution in [3.8, 4) is 0 Å². The standard InChI is InChI=1S/C12H25NO/c1-5-7-12(14)13-11(4)9-6-8-10(2)3/h10-11H,5-9H2,1-4H3,(H,13,14). The molecule has 0 aromatic carbocycles. The highest BCUT2D eigenvalue weighted by Gasteiger charge is 2.06. The molecule has 14 heavy (non-hydrogen) atoms. The molecule has 0 aromatic heterocycles. The first kappa shape index (κ1) is 13.5. The Morgan fingerprint density at radius 2 is 1.86 bits per heavy atom. The average Bonchev–Trinajstić information content (AvgIpc) is 2.03. The number of nitrogens with one attached hydrogen (secondary N) is 1. The highest BCUT2D eigenvalue weighted by Crippen LogP contribution is 2.08. The number of carbonyl (C=O) groups is 1. The van der Waals surface area contributed by atoms with Crippen molar-refractivity contribution >= 4 is 5.91 Å². The summed E-state index contributed by atoms with van der Waals surface area (Å²) in [4.78, 5) is 11.2. The van der Waals surface area contributed by atoms with Crippen LogP contribution in [0.5, 0.6) is 0 Å². The molecule has 1 atom stereocenters. The maximum absolute atomic E-state index is 11.2. The smallest absolute Gasteiger partial charge is 0.220 e. The maximum Gasteiger partial charge on any atom is 0.220 e. The molecule has 2 nitrogen and oxygen atoms in total. The Kier molecular flexibility index (Phi) is 7.54. The van der Waals surface area contributed by atoms with Crippen LogP contribution in [0.2, 0.25) is 0 Å². The molecule has 2 heteroatoms. The molecule has 0 aliphatic heterocycles. The summed E-state index contributed by atoms with van der Waals surface area (Å²) < 4.78 is 0. The second kappa shape index (κ2) is 7.84. The van der Waals surface area contributed by atoms with Crippen molar-refractivity contribution in [2.45, 2.75) is 65.8 Å². The molecule has 0 rings (SSSR count). The quantitative estimate of drug-likeness (QED) is 0.670. The number of carbonyl (C=O) groups excluding carboxylic acids is 1. The summed E-state index contributed by atoms with van der Waals surface area (Å²) in [5, 5.41) is 3.02. The van der Waals surface area contributed by atoms with Crippen LogP contribution in [0.15, 0.2) is 0 Å². The summed E-state index contributed by atoms with van der Waals surface area (Å²) in [7, 11) is 0. The van der Waals surface area contributed by atoms with Gasteiger partial charge in [-0.25, -0.2) is 0 Å². The van der Waals surface area contributed by atoms with E-state index in [1.54, 1.807) is 0 Å². The van der Waals surface area contributed by atoms with Crippen LogP contribution in [0, 0.1) is 5.92 Å². The second-order valence-electron chi connectivity index (χ2n) is 4.54. The lowest BCUT2D eigenvalue weighted by atomic mass is 10.0. The first-order chi connectivity index (χ1) is 6.56. The van der Waals surface area contributed by atoms with Crippen molar-refractivity contribution in [1.82, 2.24) is 5.32 Å². The molecule has 0 fully saturated rings. The molecular weight excluding hydrogens is 174 g/mol. The maximum atomic E-state index is 11.2. The molecule has 0 saturated heterocycles. The molecular formula is C12H25NO. The average molecular weight is 199 g/mol. The number of amides is 1. The van der Waals surface area contributed by atoms with Gasteiger partial charge >= 0.3 is 0 Å². The molecule has 1 amide bonds. The largest absolute Gasteiger partial charge is 0.354 e. The molecule has 0 aliphatic carbocycles. The van der Waals surface area contributed by atoms with Crippen molar-refractivity contribution < 1.29 is 4.79 Å². The normalized spacial score (nSPS) is 12.9. The molecule has 0 radical (unpaired) electrons. The van der Waals surface area contributed by atoms with E-state index >= 15 is 0 Å². The van der Waals surface area contributed by atoms with Crippen molar-refractivity contribution in [2.24, 2.45) is 5.92 Å². The summed E-state index contributed by atoms with van der Waals surface area (Å²) in [5.41, 5.74) is 0. The Bertz CT molecular complexity index is 154. The summed E-state index contributed by atoms with van der Waals surface area (Å²) in [6.07, 6.45) is 5.17. The fourth-order valence-corrected chi connectivity index (χ4v) is 1.48. The van der Waals surface area contributed by atoms with Gasteiger partial charge in [-0.3, -0.25) is 4.79 Å². The highest BCUT2D eigenvalue weighted by molar-refractivity contribution is 5.76. The minimum atomic E-state index is 0.199. The van der Waals surface area contributed by atoms with Gasteiger partial charge in [-0.05, 0) is 25.7 Å². The molecule has 0 aromatic rings. The van der Waals surface area contributed by atoms with E-state index in [0.29, 0.717) is 12.5 Å². The van der Waals surface area contributed by atoms with Gasteiger partial charge in [0.15, 0.2) is 0 Å². The van der Waals surface area contributed by atoms with Crippen molar-refractivity contribution in [2.75, 3.05) is 0 Å². The van der Waals surface area contributed by atoms with Crippen molar-refractivity contribution in [3.63, 3.8) is 0 Å². The van der Waals surface area contributed by atoms with E-state index in [1.807, 2.05) is 6.92 Å². The van der Waals surface area contributed by atoms with Crippen LogP contribution >= 0.6 is 0 Å². The van der Waals surface area contributed by atoms with Crippen LogP contribution in [0.1, 0.15) is 59.8 Å². The van der Waals surface area contributed by atoms with Gasteiger partial charge in [0.2, 0.25) is 5.91 Å². The molecule has 84 valence electrons. The fraction of sp³-hybridized carbons (Fsp3) is 0.917. The Hall–Kier alpha value is -0.530. The van der Waals surface area contributed by atoms with Crippen LogP contribution in [-0.4, -0.2) is 11.9 Å². The van der Waals surface area contributed by atoms with Crippen LogP contribution in [0.25, 0.3) is 0 Å². The summed E-state index contributed by atoms with van der Waals surface area (Å²) in [5.74, 6) is 0.970. The van der Waals surface area contributed by atoms with Gasteiger partial charge in [-0.2, -0.15) is 0 Å². The van der Waals surface area contributed by atoms with E-state index in [1.165, 1.54) is 12.8 Å². The minimum absolute atomic E-state index is 0.199. The lowest BCUT2D eigenvalue weighted by Gasteiger charge is -2.14. The van der Waals surface area contributed by atoms with Crippen LogP contribution < -0.4 is 5.32 Å². The third-order valence-corrected chi connectivity index (χ3v) is 2.30. The fourth-order valence-electron chi connectivity index (χ4n) is 1.48. The SMILES string of the molecule is CCCC(=O)NC(C)CCCC(C)C. The van der Waals surface area contributed by atoms with Crippen LogP contribution in [0.3, 0.4) is 0 Å². The highest BCUT2D eigenvalue weighted by atomic mass is 16.1. The number of hydrogen-bond acceptors (Lipinski definition) is 1. The van der Waals surface area contributed by atoms with E-state index in [-0.39, 0.29) is 5.91 Å². The zero-order chi connectivity index (χ0) is 11.0. The molecule has 0 bridgehead atoms. The second-order valence-corrected chi connectivity index (χ2v) is 4.54. The minimum Gasteiger partial charge on any atom is -0.354 e. The van der Waals surface area contributed by atoms with E-state index in [0.717, 1.165) is 18.8 Å². The Balaban J connectivity index is 3.44. The Morgan fingerprint density at radius 3 is 2.36 bits per heavy atom. The topological polar surface area (TPSA) is 29.1 Å². The number of rotatable bonds is 7. The summed E-state index contributed by atoms with van der Waals surface area (Å²) in [6, 6.07) is 0.341. The molecule has 1 N–H and O–H groups in total. The van der Waals surface area contributed by atoms with E-state index < -0.39 is 0 Å². The van der Waals surface area contributed by atoms with Gasteiger partial charge < -0.3 is 5.32 Å². The van der Waals surface area contributed by atoms with Gasteiger partial charge in [-0.15, -0.1) is 0 Å². The van der Waals surface area contributed by atoms with Crippen molar-refractivity contribution in [3.05, 3.63) is 0 Å². The first-order valence-corrected chi connectivity index (χ1v) is 5.85. The monoisotopic (exact) mass is 199 g/mol. The third-order valence-electron chi connectivity index (χ3n) is 2.30. The zero-order valence-electron chi connectivity index (χ0n) is 10.1. The molecule has 0 aliphatic rings. The third kappa shape index (κ3) is 8.09. The molecule has 0 heterocycles. The lowest BCUT2D eigenvalue weighted by molar-refractivity contribution is -0.121. The Morgan fingerprint density at radius 1 is 1.21 bits per heavy atom. The van der Waals surface area contributed by atoms with Gasteiger partial charge in [0.05, 0.1) is 0 Å². The van der Waals surface area contributed by atoms with Gasteiger partial charge in [0, 0.05) is 12.5 Å². The molecule has 0 spiro atoms. The zero-order valence-corrected chi connectivity index (χ0v) is 10.1. The van der Waals surface area contributed by atoms with E-state index in [4.69, 9.17) is 0 Å². The lowest BCUT2D eigenvalue weighted by Crippen LogP contribution is -2.32.